The van der Waals surface area contributed by atoms with Gasteiger partial charge in [0.25, 0.3) is 0 Å². The molecule has 0 saturated carbocycles. The predicted molar refractivity (Wildman–Crippen MR) is 87.8 cm³/mol. The van der Waals surface area contributed by atoms with E-state index in [0.29, 0.717) is 6.61 Å². The van der Waals surface area contributed by atoms with Gasteiger partial charge in [0.05, 0.1) is 17.4 Å². The minimum Gasteiger partial charge on any atom is -0.415 e. The van der Waals surface area contributed by atoms with Crippen molar-refractivity contribution >= 4 is 31.5 Å². The molecule has 0 aliphatic heterocycles. The van der Waals surface area contributed by atoms with E-state index < -0.39 is 8.32 Å². The van der Waals surface area contributed by atoms with E-state index in [4.69, 9.17) is 27.6 Å². The van der Waals surface area contributed by atoms with Crippen molar-refractivity contribution in [1.29, 1.82) is 0 Å². The van der Waals surface area contributed by atoms with Crippen LogP contribution in [0.4, 0.5) is 0 Å². The summed E-state index contributed by atoms with van der Waals surface area (Å²) in [5.74, 6) is 0. The van der Waals surface area contributed by atoms with E-state index in [-0.39, 0.29) is 10.8 Å². The van der Waals surface area contributed by atoms with E-state index in [9.17, 15) is 0 Å². The molecular weight excluding hydrogens is 295 g/mol. The minimum atomic E-state index is -1.57. The zero-order valence-corrected chi connectivity index (χ0v) is 14.5. The smallest absolute Gasteiger partial charge is 0.192 e. The molecule has 0 bridgehead atoms. The van der Waals surface area contributed by atoms with E-state index in [1.165, 1.54) is 0 Å². The normalized spacial score (nSPS) is 15.2. The third kappa shape index (κ3) is 4.78. The Kier molecular flexibility index (Phi) is 7.44. The van der Waals surface area contributed by atoms with E-state index in [1.54, 1.807) is 0 Å². The first-order valence-corrected chi connectivity index (χ1v) is 10.5. The van der Waals surface area contributed by atoms with Gasteiger partial charge in [-0.1, -0.05) is 51.1 Å². The van der Waals surface area contributed by atoms with Gasteiger partial charge in [-0.3, -0.25) is 0 Å². The molecule has 2 atom stereocenters. The molecule has 0 aromatic heterocycles. The van der Waals surface area contributed by atoms with Crippen molar-refractivity contribution in [2.45, 2.75) is 49.7 Å². The number of rotatable bonds is 8. The molecule has 0 N–H and O–H groups in total. The van der Waals surface area contributed by atoms with Gasteiger partial charge in [0, 0.05) is 0 Å². The molecule has 1 aromatic carbocycles. The molecule has 0 heterocycles. The SMILES string of the molecule is CC[Si](CC)(CC)OC[C@H](Cl)[C@H](Cl)c1ccccc1. The van der Waals surface area contributed by atoms with Crippen molar-refractivity contribution in [3.8, 4) is 0 Å². The average molecular weight is 319 g/mol. The fourth-order valence-electron chi connectivity index (χ4n) is 2.24. The molecule has 0 fully saturated rings. The van der Waals surface area contributed by atoms with Crippen LogP contribution in [-0.2, 0) is 4.43 Å². The lowest BCUT2D eigenvalue weighted by Crippen LogP contribution is -2.38. The molecular formula is C15H24Cl2OSi. The summed E-state index contributed by atoms with van der Waals surface area (Å²) in [6.45, 7) is 7.21. The minimum absolute atomic E-state index is 0.180. The van der Waals surface area contributed by atoms with Crippen molar-refractivity contribution in [3.05, 3.63) is 35.9 Å². The number of hydrogen-bond donors (Lipinski definition) is 0. The highest BCUT2D eigenvalue weighted by Gasteiger charge is 2.30. The molecule has 0 amide bonds. The predicted octanol–water partition coefficient (Wildman–Crippen LogP) is 5.60. The molecule has 1 aromatic rings. The quantitative estimate of drug-likeness (QED) is 0.448. The van der Waals surface area contributed by atoms with Gasteiger partial charge in [0.1, 0.15) is 0 Å². The Bertz CT molecular complexity index is 346. The zero-order valence-electron chi connectivity index (χ0n) is 12.0. The molecule has 0 saturated heterocycles. The van der Waals surface area contributed by atoms with Gasteiger partial charge in [-0.25, -0.2) is 0 Å². The Labute approximate surface area is 128 Å². The second kappa shape index (κ2) is 8.31. The molecule has 108 valence electrons. The third-order valence-electron chi connectivity index (χ3n) is 3.92. The van der Waals surface area contributed by atoms with E-state index in [0.717, 1.165) is 23.7 Å². The fourth-order valence-corrected chi connectivity index (χ4v) is 5.42. The number of benzene rings is 1. The first-order chi connectivity index (χ1) is 9.08. The molecule has 19 heavy (non-hydrogen) atoms. The molecule has 0 aliphatic carbocycles. The second-order valence-corrected chi connectivity index (χ2v) is 10.7. The average Bonchev–Trinajstić information content (AvgIpc) is 2.49. The Morgan fingerprint density at radius 1 is 1.00 bits per heavy atom. The summed E-state index contributed by atoms with van der Waals surface area (Å²) in [5, 5.41) is -0.374. The van der Waals surface area contributed by atoms with Gasteiger partial charge in [0.2, 0.25) is 0 Å². The summed E-state index contributed by atoms with van der Waals surface area (Å²) >= 11 is 12.8. The van der Waals surface area contributed by atoms with Gasteiger partial charge >= 0.3 is 0 Å². The summed E-state index contributed by atoms with van der Waals surface area (Å²) in [6.07, 6.45) is 0. The zero-order chi connectivity index (χ0) is 14.3. The maximum atomic E-state index is 6.42. The Hall–Kier alpha value is -0.0231. The molecule has 0 aliphatic rings. The number of hydrogen-bond acceptors (Lipinski definition) is 1. The van der Waals surface area contributed by atoms with E-state index in [2.05, 4.69) is 20.8 Å². The summed E-state index contributed by atoms with van der Waals surface area (Å²) in [7, 11) is -1.57. The summed E-state index contributed by atoms with van der Waals surface area (Å²) in [6, 6.07) is 13.4. The first kappa shape index (κ1) is 17.0. The maximum Gasteiger partial charge on any atom is 0.192 e. The van der Waals surface area contributed by atoms with Crippen molar-refractivity contribution < 1.29 is 4.43 Å². The van der Waals surface area contributed by atoms with Crippen molar-refractivity contribution in [1.82, 2.24) is 0 Å². The summed E-state index contributed by atoms with van der Waals surface area (Å²) in [5.41, 5.74) is 1.06. The van der Waals surface area contributed by atoms with Crippen molar-refractivity contribution in [3.63, 3.8) is 0 Å². The van der Waals surface area contributed by atoms with E-state index in [1.807, 2.05) is 30.3 Å². The van der Waals surface area contributed by atoms with Gasteiger partial charge in [-0.15, -0.1) is 23.2 Å². The van der Waals surface area contributed by atoms with Crippen molar-refractivity contribution in [2.24, 2.45) is 0 Å². The summed E-state index contributed by atoms with van der Waals surface area (Å²) < 4.78 is 6.20. The van der Waals surface area contributed by atoms with Crippen LogP contribution in [0.15, 0.2) is 30.3 Å². The van der Waals surface area contributed by atoms with Gasteiger partial charge in [-0.2, -0.15) is 0 Å². The van der Waals surface area contributed by atoms with Crippen LogP contribution in [0, 0.1) is 0 Å². The number of alkyl halides is 2. The highest BCUT2D eigenvalue weighted by molar-refractivity contribution is 6.73. The number of halogens is 2. The van der Waals surface area contributed by atoms with Gasteiger partial charge < -0.3 is 4.43 Å². The second-order valence-electron chi connectivity index (χ2n) is 4.88. The molecule has 4 heteroatoms. The highest BCUT2D eigenvalue weighted by atomic mass is 35.5. The Morgan fingerprint density at radius 2 is 1.53 bits per heavy atom. The first-order valence-electron chi connectivity index (χ1n) is 7.05. The van der Waals surface area contributed by atoms with Crippen molar-refractivity contribution in [2.75, 3.05) is 6.61 Å². The van der Waals surface area contributed by atoms with Crippen LogP contribution in [0.3, 0.4) is 0 Å². The Balaban J connectivity index is 2.58. The van der Waals surface area contributed by atoms with Crippen LogP contribution in [0.25, 0.3) is 0 Å². The van der Waals surface area contributed by atoms with Crippen LogP contribution in [0.1, 0.15) is 31.7 Å². The highest BCUT2D eigenvalue weighted by Crippen LogP contribution is 2.30. The topological polar surface area (TPSA) is 9.23 Å². The van der Waals surface area contributed by atoms with Gasteiger partial charge in [-0.05, 0) is 23.7 Å². The van der Waals surface area contributed by atoms with Crippen LogP contribution < -0.4 is 0 Å². The lowest BCUT2D eigenvalue weighted by Gasteiger charge is -2.30. The summed E-state index contributed by atoms with van der Waals surface area (Å²) in [4.78, 5) is 0. The molecule has 0 spiro atoms. The third-order valence-corrected chi connectivity index (χ3v) is 9.63. The van der Waals surface area contributed by atoms with Crippen LogP contribution in [-0.4, -0.2) is 20.3 Å². The van der Waals surface area contributed by atoms with Gasteiger partial charge in [0.15, 0.2) is 8.32 Å². The monoisotopic (exact) mass is 318 g/mol. The largest absolute Gasteiger partial charge is 0.415 e. The molecule has 0 radical (unpaired) electrons. The Morgan fingerprint density at radius 3 is 2.00 bits per heavy atom. The fraction of sp³-hybridized carbons (Fsp3) is 0.600. The van der Waals surface area contributed by atoms with Crippen LogP contribution >= 0.6 is 23.2 Å². The molecule has 0 unspecified atom stereocenters. The standard InChI is InChI=1S/C15H24Cl2OSi/c1-4-19(5-2,6-3)18-12-14(16)15(17)13-10-8-7-9-11-13/h7-11,14-15H,4-6,12H2,1-3H3/t14-,15+/m0/s1. The lowest BCUT2D eigenvalue weighted by molar-refractivity contribution is 0.294. The van der Waals surface area contributed by atoms with Crippen LogP contribution in [0.5, 0.6) is 0 Å². The lowest BCUT2D eigenvalue weighted by atomic mass is 10.1. The van der Waals surface area contributed by atoms with E-state index >= 15 is 0 Å². The molecule has 1 nitrogen and oxygen atoms in total. The maximum absolute atomic E-state index is 6.42. The van der Waals surface area contributed by atoms with Crippen LogP contribution in [0.2, 0.25) is 18.1 Å². The molecule has 1 rings (SSSR count).